The van der Waals surface area contributed by atoms with Crippen LogP contribution in [-0.4, -0.2) is 67.3 Å². The first-order chi connectivity index (χ1) is 18.7. The molecule has 8 nitrogen and oxygen atoms in total. The fraction of sp³-hybridized carbons (Fsp3) is 0.533. The molecule has 0 spiro atoms. The van der Waals surface area contributed by atoms with Gasteiger partial charge in [0.1, 0.15) is 0 Å². The SMILES string of the molecule is CC.Cc1cc(C)c(CNC(=O)c2c(C)n(CC3CCN(S(=O)C4CN(C)C4)CC3)c3ccccc23)c(=O)[nH]1. The van der Waals surface area contributed by atoms with Crippen molar-refractivity contribution in [2.75, 3.05) is 33.2 Å². The number of H-pyrrole nitrogens is 1. The second kappa shape index (κ2) is 12.6. The molecule has 1 atom stereocenters. The van der Waals surface area contributed by atoms with Gasteiger partial charge in [-0.15, -0.1) is 0 Å². The van der Waals surface area contributed by atoms with Gasteiger partial charge in [0.15, 0.2) is 0 Å². The number of rotatable bonds is 7. The van der Waals surface area contributed by atoms with Gasteiger partial charge in [0, 0.05) is 67.1 Å². The Kier molecular flexibility index (Phi) is 9.46. The van der Waals surface area contributed by atoms with Gasteiger partial charge in [-0.05, 0) is 64.3 Å². The average Bonchev–Trinajstić information content (AvgIpc) is 3.18. The van der Waals surface area contributed by atoms with Crippen LogP contribution in [-0.2, 0) is 24.1 Å². The van der Waals surface area contributed by atoms with E-state index in [2.05, 4.69) is 37.2 Å². The maximum Gasteiger partial charge on any atom is 0.254 e. The first-order valence-electron chi connectivity index (χ1n) is 14.1. The van der Waals surface area contributed by atoms with Crippen LogP contribution in [0.4, 0.5) is 0 Å². The molecule has 3 aromatic rings. The summed E-state index contributed by atoms with van der Waals surface area (Å²) >= 11 is 0. The van der Waals surface area contributed by atoms with Crippen molar-refractivity contribution in [3.63, 3.8) is 0 Å². The number of benzene rings is 1. The Labute approximate surface area is 234 Å². The van der Waals surface area contributed by atoms with Crippen molar-refractivity contribution < 1.29 is 9.00 Å². The number of hydrogen-bond donors (Lipinski definition) is 2. The summed E-state index contributed by atoms with van der Waals surface area (Å²) in [6.07, 6.45) is 1.99. The Balaban J connectivity index is 0.00000172. The molecule has 0 saturated carbocycles. The van der Waals surface area contributed by atoms with E-state index in [1.165, 1.54) is 0 Å². The Morgan fingerprint density at radius 3 is 2.41 bits per heavy atom. The maximum absolute atomic E-state index is 13.4. The molecule has 5 rings (SSSR count). The number of aromatic amines is 1. The van der Waals surface area contributed by atoms with Gasteiger partial charge in [-0.1, -0.05) is 32.0 Å². The minimum atomic E-state index is -0.891. The molecule has 2 saturated heterocycles. The van der Waals surface area contributed by atoms with Crippen molar-refractivity contribution in [1.82, 2.24) is 24.1 Å². The summed E-state index contributed by atoms with van der Waals surface area (Å²) in [7, 11) is 1.18. The molecule has 212 valence electrons. The smallest absolute Gasteiger partial charge is 0.254 e. The van der Waals surface area contributed by atoms with Crippen LogP contribution < -0.4 is 10.9 Å². The van der Waals surface area contributed by atoms with Crippen molar-refractivity contribution in [2.24, 2.45) is 5.92 Å². The fourth-order valence-corrected chi connectivity index (χ4v) is 7.58. The zero-order valence-electron chi connectivity index (χ0n) is 24.2. The van der Waals surface area contributed by atoms with Crippen LogP contribution in [0.2, 0.25) is 0 Å². The van der Waals surface area contributed by atoms with E-state index in [1.807, 2.05) is 58.9 Å². The van der Waals surface area contributed by atoms with Crippen molar-refractivity contribution in [3.8, 4) is 0 Å². The molecule has 9 heteroatoms. The van der Waals surface area contributed by atoms with Crippen LogP contribution in [0, 0.1) is 26.7 Å². The van der Waals surface area contributed by atoms with Crippen molar-refractivity contribution in [1.29, 1.82) is 0 Å². The van der Waals surface area contributed by atoms with Gasteiger partial charge in [0.05, 0.1) is 21.8 Å². The highest BCUT2D eigenvalue weighted by Crippen LogP contribution is 2.30. The highest BCUT2D eigenvalue weighted by atomic mass is 32.2. The van der Waals surface area contributed by atoms with Crippen LogP contribution in [0.1, 0.15) is 59.6 Å². The molecule has 1 aromatic carbocycles. The van der Waals surface area contributed by atoms with E-state index in [0.717, 1.165) is 73.4 Å². The number of piperidine rings is 1. The molecule has 39 heavy (non-hydrogen) atoms. The number of hydrogen-bond acceptors (Lipinski definition) is 4. The summed E-state index contributed by atoms with van der Waals surface area (Å²) in [4.78, 5) is 30.9. The number of pyridine rings is 1. The summed E-state index contributed by atoms with van der Waals surface area (Å²) in [5.74, 6) is 0.305. The number of aromatic nitrogens is 2. The number of carbonyl (C=O) groups excluding carboxylic acids is 1. The Morgan fingerprint density at radius 2 is 1.77 bits per heavy atom. The van der Waals surface area contributed by atoms with E-state index < -0.39 is 11.0 Å². The van der Waals surface area contributed by atoms with Gasteiger partial charge in [-0.3, -0.25) is 9.59 Å². The highest BCUT2D eigenvalue weighted by Gasteiger charge is 2.34. The summed E-state index contributed by atoms with van der Waals surface area (Å²) < 4.78 is 17.3. The lowest BCUT2D eigenvalue weighted by molar-refractivity contribution is 0.0951. The van der Waals surface area contributed by atoms with E-state index in [0.29, 0.717) is 17.0 Å². The van der Waals surface area contributed by atoms with Gasteiger partial charge in [0.25, 0.3) is 11.5 Å². The summed E-state index contributed by atoms with van der Waals surface area (Å²) in [5.41, 5.74) is 4.77. The van der Waals surface area contributed by atoms with Gasteiger partial charge >= 0.3 is 0 Å². The van der Waals surface area contributed by atoms with Crippen molar-refractivity contribution >= 4 is 27.8 Å². The molecule has 1 amide bonds. The van der Waals surface area contributed by atoms with Crippen LogP contribution in [0.25, 0.3) is 10.9 Å². The lowest BCUT2D eigenvalue weighted by atomic mass is 9.98. The monoisotopic (exact) mass is 553 g/mol. The number of para-hydroxylation sites is 1. The molecule has 2 aliphatic rings. The molecule has 4 heterocycles. The zero-order chi connectivity index (χ0) is 28.3. The third kappa shape index (κ3) is 6.21. The number of nitrogens with zero attached hydrogens (tertiary/aromatic N) is 3. The predicted molar refractivity (Wildman–Crippen MR) is 159 cm³/mol. The Bertz CT molecular complexity index is 1400. The van der Waals surface area contributed by atoms with Crippen molar-refractivity contribution in [3.05, 3.63) is 68.8 Å². The van der Waals surface area contributed by atoms with Crippen molar-refractivity contribution in [2.45, 2.75) is 65.8 Å². The lowest BCUT2D eigenvalue weighted by Gasteiger charge is -2.40. The quantitative estimate of drug-likeness (QED) is 0.464. The number of likely N-dealkylation sites (tertiary alicyclic amines) is 1. The zero-order valence-corrected chi connectivity index (χ0v) is 25.0. The lowest BCUT2D eigenvalue weighted by Crippen LogP contribution is -2.54. The molecule has 2 aliphatic heterocycles. The molecule has 1 unspecified atom stereocenters. The minimum absolute atomic E-state index is 0.159. The number of fused-ring (bicyclic) bond motifs is 1. The maximum atomic E-state index is 13.4. The summed E-state index contributed by atoms with van der Waals surface area (Å²) in [5, 5.41) is 4.20. The third-order valence-electron chi connectivity index (χ3n) is 7.96. The van der Waals surface area contributed by atoms with E-state index in [-0.39, 0.29) is 23.3 Å². The molecule has 2 fully saturated rings. The molecule has 0 bridgehead atoms. The first kappa shape index (κ1) is 29.2. The van der Waals surface area contributed by atoms with Gasteiger partial charge < -0.3 is 19.8 Å². The highest BCUT2D eigenvalue weighted by molar-refractivity contribution is 7.83. The number of carbonyl (C=O) groups is 1. The fourth-order valence-electron chi connectivity index (χ4n) is 5.82. The second-order valence-corrected chi connectivity index (χ2v) is 12.4. The van der Waals surface area contributed by atoms with Gasteiger partial charge in [-0.25, -0.2) is 8.51 Å². The topological polar surface area (TPSA) is 90.4 Å². The number of aryl methyl sites for hydroxylation is 2. The Hall–Kier alpha value is -2.75. The predicted octanol–water partition coefficient (Wildman–Crippen LogP) is 3.90. The van der Waals surface area contributed by atoms with Crippen LogP contribution in [0.5, 0.6) is 0 Å². The third-order valence-corrected chi connectivity index (χ3v) is 9.70. The second-order valence-electron chi connectivity index (χ2n) is 10.7. The van der Waals surface area contributed by atoms with Crippen LogP contribution in [0.3, 0.4) is 0 Å². The molecular weight excluding hydrogens is 510 g/mol. The normalized spacial score (nSPS) is 17.9. The summed E-state index contributed by atoms with van der Waals surface area (Å²) in [6, 6.07) is 9.97. The van der Waals surface area contributed by atoms with Crippen LogP contribution in [0.15, 0.2) is 35.1 Å². The van der Waals surface area contributed by atoms with E-state index in [1.54, 1.807) is 0 Å². The molecular formula is C30H43N5O3S. The standard InChI is InChI=1S/C28H37N5O3S.C2H6/c1-18-13-19(2)30-27(34)24(18)14-29-28(35)26-20(3)33(25-8-6-5-7-23(25)26)15-21-9-11-32(12-10-21)37(36)22-16-31(4)17-22;1-2/h5-8,13,21-22H,9-12,14-17H2,1-4H3,(H,29,35)(H,30,34);1-2H3. The average molecular weight is 554 g/mol. The first-order valence-corrected chi connectivity index (χ1v) is 15.3. The van der Waals surface area contributed by atoms with E-state index >= 15 is 0 Å². The van der Waals surface area contributed by atoms with E-state index in [9.17, 15) is 13.8 Å². The molecule has 0 aliphatic carbocycles. The Morgan fingerprint density at radius 1 is 1.10 bits per heavy atom. The molecule has 2 aromatic heterocycles. The van der Waals surface area contributed by atoms with E-state index in [4.69, 9.17) is 0 Å². The van der Waals surface area contributed by atoms with Crippen LogP contribution >= 0.6 is 0 Å². The molecule has 2 N–H and O–H groups in total. The minimum Gasteiger partial charge on any atom is -0.348 e. The number of nitrogens with one attached hydrogen (secondary N) is 2. The molecule has 0 radical (unpaired) electrons. The van der Waals surface area contributed by atoms with Gasteiger partial charge in [0.2, 0.25) is 0 Å². The number of amides is 1. The van der Waals surface area contributed by atoms with Gasteiger partial charge in [-0.2, -0.15) is 0 Å². The largest absolute Gasteiger partial charge is 0.348 e. The summed E-state index contributed by atoms with van der Waals surface area (Å²) in [6.45, 7) is 14.3.